The van der Waals surface area contributed by atoms with Crippen LogP contribution in [0, 0.1) is 10.1 Å². The topological polar surface area (TPSA) is 111 Å². The Bertz CT molecular complexity index is 1160. The van der Waals surface area contributed by atoms with Crippen molar-refractivity contribution in [1.29, 1.82) is 0 Å². The second-order valence-electron chi connectivity index (χ2n) is 5.55. The average molecular weight is 368 g/mol. The molecule has 130 valence electrons. The van der Waals surface area contributed by atoms with Gasteiger partial charge in [-0.1, -0.05) is 6.07 Å². The molecule has 0 spiro atoms. The third kappa shape index (κ3) is 2.58. The molecule has 0 radical (unpaired) electrons. The Morgan fingerprint density at radius 3 is 2.81 bits per heavy atom. The van der Waals surface area contributed by atoms with E-state index in [1.54, 1.807) is 19.1 Å². The zero-order chi connectivity index (χ0) is 18.3. The number of aromatic amines is 1. The van der Waals surface area contributed by atoms with Crippen molar-refractivity contribution in [3.63, 3.8) is 0 Å². The van der Waals surface area contributed by atoms with Gasteiger partial charge in [0.1, 0.15) is 16.7 Å². The van der Waals surface area contributed by atoms with E-state index in [1.807, 2.05) is 12.1 Å². The van der Waals surface area contributed by atoms with E-state index in [1.165, 1.54) is 12.1 Å². The Morgan fingerprint density at radius 2 is 2.04 bits per heavy atom. The van der Waals surface area contributed by atoms with E-state index in [0.29, 0.717) is 27.5 Å². The molecule has 0 aliphatic rings. The molecule has 8 nitrogen and oxygen atoms in total. The minimum absolute atomic E-state index is 0.0513. The Hall–Kier alpha value is -3.33. The number of aromatic nitrogens is 3. The summed E-state index contributed by atoms with van der Waals surface area (Å²) < 4.78 is 13.5. The zero-order valence-corrected chi connectivity index (χ0v) is 14.4. The number of hydrogen-bond donors (Lipinski definition) is 1. The lowest BCUT2D eigenvalue weighted by atomic mass is 10.0. The first-order valence-electron chi connectivity index (χ1n) is 7.78. The summed E-state index contributed by atoms with van der Waals surface area (Å²) in [5.74, 6) is -0.516. The van der Waals surface area contributed by atoms with Crippen LogP contribution in [-0.4, -0.2) is 31.2 Å². The van der Waals surface area contributed by atoms with E-state index in [-0.39, 0.29) is 18.0 Å². The Labute approximate surface area is 150 Å². The van der Waals surface area contributed by atoms with Crippen LogP contribution in [0.1, 0.15) is 17.4 Å². The van der Waals surface area contributed by atoms with Gasteiger partial charge in [-0.05, 0) is 30.7 Å². The van der Waals surface area contributed by atoms with Gasteiger partial charge in [-0.15, -0.1) is 0 Å². The Kier molecular flexibility index (Phi) is 3.85. The molecule has 0 amide bonds. The van der Waals surface area contributed by atoms with Crippen LogP contribution in [0.4, 0.5) is 5.69 Å². The predicted molar refractivity (Wildman–Crippen MR) is 97.3 cm³/mol. The summed E-state index contributed by atoms with van der Waals surface area (Å²) in [4.78, 5) is 26.2. The molecule has 0 saturated heterocycles. The number of H-pyrrole nitrogens is 1. The van der Waals surface area contributed by atoms with Gasteiger partial charge in [-0.2, -0.15) is 8.75 Å². The molecule has 2 heterocycles. The van der Waals surface area contributed by atoms with Crippen molar-refractivity contribution in [2.24, 2.45) is 0 Å². The number of hydrogen-bond acceptors (Lipinski definition) is 7. The number of rotatable bonds is 4. The first-order valence-corrected chi connectivity index (χ1v) is 8.51. The maximum absolute atomic E-state index is 12.4. The highest BCUT2D eigenvalue weighted by Crippen LogP contribution is 2.36. The summed E-state index contributed by atoms with van der Waals surface area (Å²) in [7, 11) is 0. The van der Waals surface area contributed by atoms with Crippen molar-refractivity contribution in [3.05, 3.63) is 52.2 Å². The van der Waals surface area contributed by atoms with Gasteiger partial charge < -0.3 is 9.72 Å². The number of ether oxygens (including phenoxy) is 1. The fourth-order valence-corrected chi connectivity index (χ4v) is 3.40. The molecule has 0 saturated carbocycles. The van der Waals surface area contributed by atoms with Crippen molar-refractivity contribution < 1.29 is 14.5 Å². The molecular formula is C17H12N4O4S. The molecule has 4 rings (SSSR count). The van der Waals surface area contributed by atoms with E-state index in [9.17, 15) is 14.9 Å². The van der Waals surface area contributed by atoms with Crippen LogP contribution in [0.2, 0.25) is 0 Å². The minimum Gasteiger partial charge on any atom is -0.461 e. The highest BCUT2D eigenvalue weighted by Gasteiger charge is 2.22. The quantitative estimate of drug-likeness (QED) is 0.332. The van der Waals surface area contributed by atoms with Crippen LogP contribution < -0.4 is 0 Å². The average Bonchev–Trinajstić information content (AvgIpc) is 3.24. The number of non-ortho nitro benzene ring substituents is 1. The lowest BCUT2D eigenvalue weighted by Crippen LogP contribution is -2.06. The molecule has 0 atom stereocenters. The van der Waals surface area contributed by atoms with Crippen molar-refractivity contribution in [2.75, 3.05) is 6.61 Å². The number of nitrogens with one attached hydrogen (secondary N) is 1. The second-order valence-corrected chi connectivity index (χ2v) is 6.08. The fourth-order valence-electron chi connectivity index (χ4n) is 2.89. The standard InChI is InChI=1S/C17H12N4O4S/c1-2-25-17(22)16-15(9-3-5-13-14(7-9)20-26-19-13)11-8-10(21(23)24)4-6-12(11)18-16/h3-8,18H,2H2,1H3. The van der Waals surface area contributed by atoms with Crippen LogP contribution in [0.15, 0.2) is 36.4 Å². The molecule has 0 unspecified atom stereocenters. The first-order chi connectivity index (χ1) is 12.6. The van der Waals surface area contributed by atoms with Crippen molar-refractivity contribution in [1.82, 2.24) is 13.7 Å². The summed E-state index contributed by atoms with van der Waals surface area (Å²) >= 11 is 1.10. The van der Waals surface area contributed by atoms with Gasteiger partial charge in [-0.3, -0.25) is 10.1 Å². The number of nitro benzene ring substituents is 1. The first kappa shape index (κ1) is 16.2. The number of esters is 1. The lowest BCUT2D eigenvalue weighted by molar-refractivity contribution is -0.384. The number of carbonyl (C=O) groups is 1. The number of nitro groups is 1. The lowest BCUT2D eigenvalue weighted by Gasteiger charge is -2.05. The maximum Gasteiger partial charge on any atom is 0.355 e. The molecular weight excluding hydrogens is 356 g/mol. The summed E-state index contributed by atoms with van der Waals surface area (Å²) in [6.07, 6.45) is 0. The van der Waals surface area contributed by atoms with Crippen molar-refractivity contribution in [3.8, 4) is 11.1 Å². The van der Waals surface area contributed by atoms with E-state index in [2.05, 4.69) is 13.7 Å². The molecule has 0 fully saturated rings. The molecule has 0 bridgehead atoms. The largest absolute Gasteiger partial charge is 0.461 e. The summed E-state index contributed by atoms with van der Waals surface area (Å²) in [5.41, 5.74) is 3.53. The van der Waals surface area contributed by atoms with E-state index < -0.39 is 10.9 Å². The Morgan fingerprint density at radius 1 is 1.23 bits per heavy atom. The Balaban J connectivity index is 2.01. The molecule has 4 aromatic rings. The molecule has 2 aromatic carbocycles. The van der Waals surface area contributed by atoms with Gasteiger partial charge in [-0.25, -0.2) is 4.79 Å². The third-order valence-corrected chi connectivity index (χ3v) is 4.57. The number of benzene rings is 2. The summed E-state index contributed by atoms with van der Waals surface area (Å²) in [6.45, 7) is 1.95. The molecule has 9 heteroatoms. The van der Waals surface area contributed by atoms with Gasteiger partial charge >= 0.3 is 5.97 Å². The normalized spacial score (nSPS) is 11.1. The summed E-state index contributed by atoms with van der Waals surface area (Å²) in [5, 5.41) is 11.7. The van der Waals surface area contributed by atoms with Gasteiger partial charge in [0.2, 0.25) is 0 Å². The maximum atomic E-state index is 12.4. The SMILES string of the molecule is CCOC(=O)c1[nH]c2ccc([N+](=O)[O-])cc2c1-c1ccc2nsnc2c1. The number of nitrogens with zero attached hydrogens (tertiary/aromatic N) is 3. The molecule has 0 aliphatic heterocycles. The fraction of sp³-hybridized carbons (Fsp3) is 0.118. The van der Waals surface area contributed by atoms with Gasteiger partial charge in [0.15, 0.2) is 0 Å². The van der Waals surface area contributed by atoms with Gasteiger partial charge in [0, 0.05) is 28.6 Å². The highest BCUT2D eigenvalue weighted by atomic mass is 32.1. The van der Waals surface area contributed by atoms with Crippen LogP contribution in [0.25, 0.3) is 33.1 Å². The van der Waals surface area contributed by atoms with Crippen molar-refractivity contribution in [2.45, 2.75) is 6.92 Å². The minimum atomic E-state index is -0.516. The van der Waals surface area contributed by atoms with Gasteiger partial charge in [0.05, 0.1) is 23.3 Å². The molecule has 0 aliphatic carbocycles. The van der Waals surface area contributed by atoms with E-state index in [0.717, 1.165) is 17.2 Å². The second kappa shape index (κ2) is 6.19. The van der Waals surface area contributed by atoms with Crippen LogP contribution >= 0.6 is 11.7 Å². The van der Waals surface area contributed by atoms with Crippen LogP contribution in [0.3, 0.4) is 0 Å². The monoisotopic (exact) mass is 368 g/mol. The zero-order valence-electron chi connectivity index (χ0n) is 13.6. The predicted octanol–water partition coefficient (Wildman–Crippen LogP) is 3.92. The van der Waals surface area contributed by atoms with E-state index >= 15 is 0 Å². The highest BCUT2D eigenvalue weighted by molar-refractivity contribution is 7.00. The smallest absolute Gasteiger partial charge is 0.355 e. The van der Waals surface area contributed by atoms with E-state index in [4.69, 9.17) is 4.74 Å². The van der Waals surface area contributed by atoms with Crippen molar-refractivity contribution >= 4 is 45.3 Å². The molecule has 1 N–H and O–H groups in total. The number of carbonyl (C=O) groups excluding carboxylic acids is 1. The van der Waals surface area contributed by atoms with Crippen LogP contribution in [-0.2, 0) is 4.74 Å². The summed E-state index contributed by atoms with van der Waals surface area (Å²) in [6, 6.07) is 9.86. The van der Waals surface area contributed by atoms with Gasteiger partial charge in [0.25, 0.3) is 5.69 Å². The van der Waals surface area contributed by atoms with Crippen LogP contribution in [0.5, 0.6) is 0 Å². The third-order valence-electron chi connectivity index (χ3n) is 4.01. The molecule has 26 heavy (non-hydrogen) atoms. The molecule has 2 aromatic heterocycles. The number of fused-ring (bicyclic) bond motifs is 2.